The van der Waals surface area contributed by atoms with Gasteiger partial charge in [-0.3, -0.25) is 9.80 Å². The molecule has 118 valence electrons. The predicted octanol–water partition coefficient (Wildman–Crippen LogP) is -0.279. The Hall–Kier alpha value is -0.210. The number of morpholine rings is 1. The molecule has 0 aromatic heterocycles. The molecule has 2 fully saturated rings. The van der Waals surface area contributed by atoms with E-state index in [4.69, 9.17) is 4.74 Å². The van der Waals surface area contributed by atoms with Gasteiger partial charge in [0.05, 0.1) is 19.0 Å². The molecule has 0 aromatic carbocycles. The lowest BCUT2D eigenvalue weighted by Crippen LogP contribution is -2.49. The molecule has 0 spiro atoms. The van der Waals surface area contributed by atoms with Gasteiger partial charge in [-0.1, -0.05) is 0 Å². The van der Waals surface area contributed by atoms with Gasteiger partial charge < -0.3 is 4.74 Å². The fourth-order valence-electron chi connectivity index (χ4n) is 3.15. The van der Waals surface area contributed by atoms with Crippen LogP contribution in [-0.2, 0) is 14.8 Å². The first kappa shape index (κ1) is 16.2. The summed E-state index contributed by atoms with van der Waals surface area (Å²) in [6.45, 7) is 9.97. The first-order valence-corrected chi connectivity index (χ1v) is 9.22. The Morgan fingerprint density at radius 2 is 1.95 bits per heavy atom. The Labute approximate surface area is 122 Å². The molecule has 0 aromatic rings. The lowest BCUT2D eigenvalue weighted by Gasteiger charge is -2.35. The van der Waals surface area contributed by atoms with Crippen molar-refractivity contribution in [1.29, 1.82) is 0 Å². The van der Waals surface area contributed by atoms with Crippen LogP contribution < -0.4 is 4.72 Å². The molecule has 0 unspecified atom stereocenters. The molecule has 0 bridgehead atoms. The number of nitrogens with one attached hydrogen (secondary N) is 1. The third kappa shape index (κ3) is 4.14. The molecule has 2 aliphatic rings. The summed E-state index contributed by atoms with van der Waals surface area (Å²) >= 11 is 0. The molecule has 0 saturated carbocycles. The highest BCUT2D eigenvalue weighted by molar-refractivity contribution is 7.89. The van der Waals surface area contributed by atoms with Gasteiger partial charge in [0.2, 0.25) is 10.0 Å². The van der Waals surface area contributed by atoms with Crippen molar-refractivity contribution in [2.24, 2.45) is 0 Å². The highest BCUT2D eigenvalue weighted by Crippen LogP contribution is 2.23. The zero-order chi connectivity index (χ0) is 14.6. The second-order valence-electron chi connectivity index (χ2n) is 5.58. The van der Waals surface area contributed by atoms with Crippen LogP contribution in [0.5, 0.6) is 0 Å². The van der Waals surface area contributed by atoms with E-state index in [1.165, 1.54) is 6.42 Å². The van der Waals surface area contributed by atoms with Crippen LogP contribution in [0.4, 0.5) is 0 Å². The number of rotatable bonds is 6. The number of likely N-dealkylation sites (tertiary alicyclic amines) is 1. The minimum Gasteiger partial charge on any atom is -0.379 e. The Balaban J connectivity index is 1.77. The molecule has 20 heavy (non-hydrogen) atoms. The summed E-state index contributed by atoms with van der Waals surface area (Å²) in [5, 5.41) is 0. The molecule has 2 rings (SSSR count). The molecule has 2 heterocycles. The van der Waals surface area contributed by atoms with E-state index in [-0.39, 0.29) is 5.75 Å². The van der Waals surface area contributed by atoms with Gasteiger partial charge in [0.1, 0.15) is 0 Å². The molecular weight excluding hydrogens is 278 g/mol. The minimum absolute atomic E-state index is 0.152. The number of hydrogen-bond donors (Lipinski definition) is 1. The number of sulfonamides is 1. The largest absolute Gasteiger partial charge is 0.379 e. The molecule has 7 heteroatoms. The third-order valence-electron chi connectivity index (χ3n) is 4.46. The fourth-order valence-corrected chi connectivity index (χ4v) is 3.75. The first-order chi connectivity index (χ1) is 9.53. The number of ether oxygens (including phenoxy) is 1. The maximum Gasteiger partial charge on any atom is 0.211 e. The van der Waals surface area contributed by atoms with Crippen molar-refractivity contribution in [3.63, 3.8) is 0 Å². The van der Waals surface area contributed by atoms with Crippen molar-refractivity contribution in [1.82, 2.24) is 14.5 Å². The van der Waals surface area contributed by atoms with Gasteiger partial charge in [-0.2, -0.15) is 0 Å². The molecule has 0 radical (unpaired) electrons. The Morgan fingerprint density at radius 1 is 1.25 bits per heavy atom. The molecule has 2 aliphatic heterocycles. The molecular formula is C13H27N3O3S. The highest BCUT2D eigenvalue weighted by atomic mass is 32.2. The maximum absolute atomic E-state index is 11.4. The van der Waals surface area contributed by atoms with E-state index in [1.807, 2.05) is 0 Å². The van der Waals surface area contributed by atoms with Crippen LogP contribution >= 0.6 is 0 Å². The van der Waals surface area contributed by atoms with Crippen LogP contribution in [0.1, 0.15) is 20.3 Å². The lowest BCUT2D eigenvalue weighted by atomic mass is 10.1. The topological polar surface area (TPSA) is 61.9 Å². The summed E-state index contributed by atoms with van der Waals surface area (Å²) in [6.07, 6.45) is 1.17. The molecule has 2 atom stereocenters. The van der Waals surface area contributed by atoms with Gasteiger partial charge in [0, 0.05) is 44.8 Å². The lowest BCUT2D eigenvalue weighted by molar-refractivity contribution is 0.0103. The Kier molecular flexibility index (Phi) is 5.80. The van der Waals surface area contributed by atoms with Gasteiger partial charge in [0.25, 0.3) is 0 Å². The molecule has 0 amide bonds. The van der Waals surface area contributed by atoms with Gasteiger partial charge in [-0.15, -0.1) is 0 Å². The van der Waals surface area contributed by atoms with Gasteiger partial charge >= 0.3 is 0 Å². The summed E-state index contributed by atoms with van der Waals surface area (Å²) in [7, 11) is -3.07. The normalized spacial score (nSPS) is 29.9. The van der Waals surface area contributed by atoms with E-state index >= 15 is 0 Å². The second-order valence-corrected chi connectivity index (χ2v) is 7.67. The first-order valence-electron chi connectivity index (χ1n) is 7.56. The van der Waals surface area contributed by atoms with E-state index in [9.17, 15) is 8.42 Å². The van der Waals surface area contributed by atoms with Gasteiger partial charge in [-0.05, 0) is 20.3 Å². The minimum atomic E-state index is -3.07. The molecule has 0 aliphatic carbocycles. The zero-order valence-electron chi connectivity index (χ0n) is 12.5. The van der Waals surface area contributed by atoms with Gasteiger partial charge in [0.15, 0.2) is 0 Å². The molecule has 1 N–H and O–H groups in total. The average Bonchev–Trinajstić information content (AvgIpc) is 2.81. The van der Waals surface area contributed by atoms with Crippen molar-refractivity contribution in [2.45, 2.75) is 32.4 Å². The summed E-state index contributed by atoms with van der Waals surface area (Å²) in [4.78, 5) is 4.91. The quantitative estimate of drug-likeness (QED) is 0.731. The van der Waals surface area contributed by atoms with E-state index in [0.29, 0.717) is 18.6 Å². The average molecular weight is 305 g/mol. The van der Waals surface area contributed by atoms with E-state index in [0.717, 1.165) is 39.4 Å². The summed E-state index contributed by atoms with van der Waals surface area (Å²) < 4.78 is 30.9. The summed E-state index contributed by atoms with van der Waals surface area (Å²) in [6, 6.07) is 1.07. The zero-order valence-corrected chi connectivity index (χ0v) is 13.4. The van der Waals surface area contributed by atoms with E-state index in [2.05, 4.69) is 21.4 Å². The number of hydrogen-bond acceptors (Lipinski definition) is 5. The molecule has 6 nitrogen and oxygen atoms in total. The van der Waals surface area contributed by atoms with Crippen LogP contribution in [0.3, 0.4) is 0 Å². The van der Waals surface area contributed by atoms with Crippen LogP contribution in [0.15, 0.2) is 0 Å². The van der Waals surface area contributed by atoms with Crippen LogP contribution in [0.2, 0.25) is 0 Å². The monoisotopic (exact) mass is 305 g/mol. The van der Waals surface area contributed by atoms with E-state index < -0.39 is 10.0 Å². The Morgan fingerprint density at radius 3 is 2.60 bits per heavy atom. The fraction of sp³-hybridized carbons (Fsp3) is 1.00. The standard InChI is InChI=1S/C13H27N3O3S/c1-3-20(17,18)14-5-7-15-6-4-13(12(15)2)16-8-10-19-11-9-16/h12-14H,3-11H2,1-2H3/t12-,13-/m1/s1. The van der Waals surface area contributed by atoms with Crippen LogP contribution in [0, 0.1) is 0 Å². The molecule has 2 saturated heterocycles. The van der Waals surface area contributed by atoms with E-state index in [1.54, 1.807) is 6.92 Å². The second kappa shape index (κ2) is 7.17. The third-order valence-corrected chi connectivity index (χ3v) is 5.86. The predicted molar refractivity (Wildman–Crippen MR) is 79.3 cm³/mol. The summed E-state index contributed by atoms with van der Waals surface area (Å²) in [5.41, 5.74) is 0. The van der Waals surface area contributed by atoms with Crippen molar-refractivity contribution >= 4 is 10.0 Å². The van der Waals surface area contributed by atoms with Crippen molar-refractivity contribution < 1.29 is 13.2 Å². The van der Waals surface area contributed by atoms with Crippen molar-refractivity contribution in [2.75, 3.05) is 51.7 Å². The highest BCUT2D eigenvalue weighted by Gasteiger charge is 2.34. The van der Waals surface area contributed by atoms with Crippen LogP contribution in [0.25, 0.3) is 0 Å². The smallest absolute Gasteiger partial charge is 0.211 e. The maximum atomic E-state index is 11.4. The SMILES string of the molecule is CCS(=O)(=O)NCCN1CC[C@@H](N2CCOCC2)[C@H]1C. The summed E-state index contributed by atoms with van der Waals surface area (Å²) in [5.74, 6) is 0.152. The number of nitrogens with zero attached hydrogens (tertiary/aromatic N) is 2. The Bertz CT molecular complexity index is 396. The van der Waals surface area contributed by atoms with Crippen molar-refractivity contribution in [3.8, 4) is 0 Å². The van der Waals surface area contributed by atoms with Crippen LogP contribution in [-0.4, -0.2) is 82.0 Å². The van der Waals surface area contributed by atoms with Crippen molar-refractivity contribution in [3.05, 3.63) is 0 Å². The van der Waals surface area contributed by atoms with Gasteiger partial charge in [-0.25, -0.2) is 13.1 Å².